The van der Waals surface area contributed by atoms with Crippen molar-refractivity contribution < 1.29 is 28.5 Å². The highest BCUT2D eigenvalue weighted by atomic mass is 16.6. The molecule has 0 aliphatic heterocycles. The number of hydrogen-bond donors (Lipinski definition) is 2. The number of fused-ring (bicyclic) bond motifs is 2. The van der Waals surface area contributed by atoms with Crippen molar-refractivity contribution in [3.63, 3.8) is 0 Å². The Hall–Kier alpha value is -5.70. The zero-order chi connectivity index (χ0) is 36.9. The Labute approximate surface area is 304 Å². The highest BCUT2D eigenvalue weighted by Crippen LogP contribution is 2.34. The molecule has 52 heavy (non-hydrogen) atoms. The van der Waals surface area contributed by atoms with Gasteiger partial charge in [0.2, 0.25) is 0 Å². The Kier molecular flexibility index (Phi) is 10.6. The van der Waals surface area contributed by atoms with Crippen molar-refractivity contribution >= 4 is 33.5 Å². The average molecular weight is 697 g/mol. The van der Waals surface area contributed by atoms with Crippen molar-refractivity contribution in [1.29, 1.82) is 0 Å². The molecule has 4 N–H and O–H groups in total. The van der Waals surface area contributed by atoms with Crippen LogP contribution in [0.1, 0.15) is 48.9 Å². The number of rotatable bonds is 12. The van der Waals surface area contributed by atoms with Crippen molar-refractivity contribution in [3.8, 4) is 11.5 Å². The fourth-order valence-corrected chi connectivity index (χ4v) is 6.71. The van der Waals surface area contributed by atoms with Gasteiger partial charge in [-0.2, -0.15) is 0 Å². The lowest BCUT2D eigenvalue weighted by molar-refractivity contribution is -0.190. The Morgan fingerprint density at radius 1 is 0.500 bits per heavy atom. The highest BCUT2D eigenvalue weighted by Gasteiger charge is 2.41. The van der Waals surface area contributed by atoms with Gasteiger partial charge in [0.1, 0.15) is 23.7 Å². The molecule has 8 nitrogen and oxygen atoms in total. The summed E-state index contributed by atoms with van der Waals surface area (Å²) in [6.07, 6.45) is -1.01. The molecule has 0 saturated heterocycles. The molecule has 0 fully saturated rings. The number of ether oxygens (including phenoxy) is 4. The van der Waals surface area contributed by atoms with Crippen molar-refractivity contribution in [2.75, 3.05) is 0 Å². The van der Waals surface area contributed by atoms with E-state index in [1.54, 1.807) is 48.5 Å². The van der Waals surface area contributed by atoms with Crippen LogP contribution in [0.4, 0.5) is 0 Å². The van der Waals surface area contributed by atoms with Crippen LogP contribution in [0.15, 0.2) is 133 Å². The van der Waals surface area contributed by atoms with Gasteiger partial charge in [-0.1, -0.05) is 121 Å². The lowest BCUT2D eigenvalue weighted by Crippen LogP contribution is -2.49. The van der Waals surface area contributed by atoms with E-state index in [-0.39, 0.29) is 12.8 Å². The molecule has 0 spiro atoms. The number of nitrogens with two attached hydrogens (primary N) is 2. The summed E-state index contributed by atoms with van der Waals surface area (Å²) in [7, 11) is 0. The van der Waals surface area contributed by atoms with E-state index in [1.807, 2.05) is 113 Å². The van der Waals surface area contributed by atoms with E-state index in [9.17, 15) is 9.59 Å². The van der Waals surface area contributed by atoms with E-state index < -0.39 is 35.6 Å². The minimum Gasteiger partial charge on any atom is -0.490 e. The van der Waals surface area contributed by atoms with E-state index >= 15 is 0 Å². The second-order valence-electron chi connectivity index (χ2n) is 13.4. The molecule has 0 aliphatic carbocycles. The SMILES string of the molecule is Cc1ccc(OC(C)CC(N)(OC(=O)C(=O)OC(N)(CC(C)Oc2ccc(C)c3ccccc23)c2ccccc2)c2ccccc2)c2ccccc12. The summed E-state index contributed by atoms with van der Waals surface area (Å²) in [5, 5.41) is 4.04. The molecule has 6 aromatic carbocycles. The fraction of sp³-hybridized carbons (Fsp3) is 0.227. The van der Waals surface area contributed by atoms with Crippen molar-refractivity contribution in [2.45, 2.75) is 64.2 Å². The highest BCUT2D eigenvalue weighted by molar-refractivity contribution is 6.29. The zero-order valence-corrected chi connectivity index (χ0v) is 29.9. The smallest absolute Gasteiger partial charge is 0.419 e. The molecule has 6 rings (SSSR count). The van der Waals surface area contributed by atoms with Gasteiger partial charge in [0.25, 0.3) is 0 Å². The Morgan fingerprint density at radius 3 is 1.19 bits per heavy atom. The first-order valence-electron chi connectivity index (χ1n) is 17.4. The van der Waals surface area contributed by atoms with Crippen molar-refractivity contribution in [1.82, 2.24) is 0 Å². The third kappa shape index (κ3) is 7.94. The van der Waals surface area contributed by atoms with Crippen LogP contribution >= 0.6 is 0 Å². The van der Waals surface area contributed by atoms with Crippen LogP contribution in [0, 0.1) is 13.8 Å². The van der Waals surface area contributed by atoms with Crippen LogP contribution in [0.3, 0.4) is 0 Å². The molecule has 0 aromatic heterocycles. The molecular formula is C44H44N2O6. The number of hydrogen-bond acceptors (Lipinski definition) is 8. The summed E-state index contributed by atoms with van der Waals surface area (Å²) in [6, 6.07) is 41.4. The van der Waals surface area contributed by atoms with E-state index in [1.165, 1.54) is 0 Å². The molecule has 0 aliphatic rings. The average Bonchev–Trinajstić information content (AvgIpc) is 3.14. The molecule has 0 heterocycles. The van der Waals surface area contributed by atoms with Gasteiger partial charge in [0, 0.05) is 34.7 Å². The molecule has 8 heteroatoms. The first-order valence-corrected chi connectivity index (χ1v) is 17.4. The number of benzene rings is 6. The van der Waals surface area contributed by atoms with Crippen LogP contribution in [-0.4, -0.2) is 24.1 Å². The molecule has 6 aromatic rings. The fourth-order valence-electron chi connectivity index (χ4n) is 6.71. The Bertz CT molecular complexity index is 2030. The van der Waals surface area contributed by atoms with Gasteiger partial charge in [0.15, 0.2) is 11.4 Å². The number of esters is 2. The van der Waals surface area contributed by atoms with E-state index in [4.69, 9.17) is 30.4 Å². The third-order valence-electron chi connectivity index (χ3n) is 9.28. The monoisotopic (exact) mass is 696 g/mol. The molecule has 0 bridgehead atoms. The first kappa shape index (κ1) is 36.1. The molecular weight excluding hydrogens is 652 g/mol. The Morgan fingerprint density at radius 2 is 0.827 bits per heavy atom. The summed E-state index contributed by atoms with van der Waals surface area (Å²) in [6.45, 7) is 7.76. The van der Waals surface area contributed by atoms with Gasteiger partial charge in [0.05, 0.1) is 0 Å². The maximum atomic E-state index is 13.6. The molecule has 266 valence electrons. The normalized spacial score (nSPS) is 14.8. The van der Waals surface area contributed by atoms with Crippen molar-refractivity contribution in [2.24, 2.45) is 11.5 Å². The summed E-state index contributed by atoms with van der Waals surface area (Å²) in [5.41, 5.74) is 13.4. The van der Waals surface area contributed by atoms with Crippen LogP contribution < -0.4 is 20.9 Å². The third-order valence-corrected chi connectivity index (χ3v) is 9.28. The number of carbonyl (C=O) groups is 2. The van der Waals surface area contributed by atoms with Crippen molar-refractivity contribution in [3.05, 3.63) is 156 Å². The number of carbonyl (C=O) groups excluding carboxylic acids is 2. The summed E-state index contributed by atoms with van der Waals surface area (Å²) in [5.74, 6) is -1.24. The van der Waals surface area contributed by atoms with E-state index in [0.717, 1.165) is 32.7 Å². The predicted octanol–water partition coefficient (Wildman–Crippen LogP) is 8.33. The van der Waals surface area contributed by atoms with Crippen LogP contribution in [0.25, 0.3) is 21.5 Å². The zero-order valence-electron chi connectivity index (χ0n) is 29.9. The van der Waals surface area contributed by atoms with Crippen LogP contribution in [0.2, 0.25) is 0 Å². The van der Waals surface area contributed by atoms with Gasteiger partial charge in [-0.3, -0.25) is 11.5 Å². The van der Waals surface area contributed by atoms with Crippen LogP contribution in [-0.2, 0) is 30.5 Å². The number of aryl methyl sites for hydroxylation is 2. The summed E-state index contributed by atoms with van der Waals surface area (Å²) >= 11 is 0. The van der Waals surface area contributed by atoms with Crippen LogP contribution in [0.5, 0.6) is 11.5 Å². The minimum absolute atomic E-state index is 0.0278. The quantitative estimate of drug-likeness (QED) is 0.0744. The van der Waals surface area contributed by atoms with Gasteiger partial charge >= 0.3 is 11.9 Å². The summed E-state index contributed by atoms with van der Waals surface area (Å²) < 4.78 is 24.4. The van der Waals surface area contributed by atoms with E-state index in [2.05, 4.69) is 0 Å². The predicted molar refractivity (Wildman–Crippen MR) is 204 cm³/mol. The second-order valence-corrected chi connectivity index (χ2v) is 13.4. The lowest BCUT2D eigenvalue weighted by Gasteiger charge is -2.34. The Balaban J connectivity index is 1.21. The largest absolute Gasteiger partial charge is 0.490 e. The standard InChI is InChI=1S/C44H44N2O6/c1-29-23-25-39(37-21-13-11-19-35(29)37)49-31(3)27-43(45,33-15-7-5-8-16-33)51-41(47)42(48)52-44(46,34-17-9-6-10-18-34)28-32(4)50-40-26-24-30(2)36-20-12-14-22-38(36)40/h5-26,31-32H,27-28,45-46H2,1-4H3. The lowest BCUT2D eigenvalue weighted by atomic mass is 9.96. The maximum absolute atomic E-state index is 13.6. The molecule has 0 saturated carbocycles. The van der Waals surface area contributed by atoms with Gasteiger partial charge in [-0.15, -0.1) is 0 Å². The molecule has 0 radical (unpaired) electrons. The van der Waals surface area contributed by atoms with E-state index in [0.29, 0.717) is 22.6 Å². The van der Waals surface area contributed by atoms with Gasteiger partial charge < -0.3 is 18.9 Å². The van der Waals surface area contributed by atoms with Gasteiger partial charge in [-0.05, 0) is 61.7 Å². The molecule has 0 amide bonds. The van der Waals surface area contributed by atoms with Gasteiger partial charge in [-0.25, -0.2) is 9.59 Å². The molecule has 4 unspecified atom stereocenters. The molecule has 4 atom stereocenters. The maximum Gasteiger partial charge on any atom is 0.419 e. The first-order chi connectivity index (χ1) is 25.0. The topological polar surface area (TPSA) is 123 Å². The second kappa shape index (κ2) is 15.3. The minimum atomic E-state index is -1.75. The summed E-state index contributed by atoms with van der Waals surface area (Å²) in [4.78, 5) is 27.3.